The van der Waals surface area contributed by atoms with Crippen LogP contribution in [0, 0.1) is 0 Å². The molecule has 0 aliphatic heterocycles. The zero-order chi connectivity index (χ0) is 22.2. The zero-order valence-electron chi connectivity index (χ0n) is 15.8. The topological polar surface area (TPSA) is 34.1 Å². The van der Waals surface area contributed by atoms with E-state index in [0.29, 0.717) is 42.3 Å². The fraction of sp³-hybridized carbons (Fsp3) is 0. The van der Waals surface area contributed by atoms with Crippen LogP contribution in [0.15, 0.2) is 94.7 Å². The lowest BCUT2D eigenvalue weighted by Crippen LogP contribution is -2.06. The molecule has 2 nitrogen and oxygen atoms in total. The second-order valence-electron chi connectivity index (χ2n) is 6.80. The van der Waals surface area contributed by atoms with Crippen LogP contribution in [0.5, 0.6) is 0 Å². The molecule has 0 aliphatic carbocycles. The molecular weight excluding hydrogens is 494 g/mol. The van der Waals surface area contributed by atoms with Gasteiger partial charge in [0.2, 0.25) is 9.84 Å². The van der Waals surface area contributed by atoms with Crippen molar-refractivity contribution in [2.45, 2.75) is 9.79 Å². The van der Waals surface area contributed by atoms with Crippen molar-refractivity contribution in [1.29, 1.82) is 0 Å². The van der Waals surface area contributed by atoms with E-state index in [-0.39, 0.29) is 9.79 Å². The summed E-state index contributed by atoms with van der Waals surface area (Å²) < 4.78 is 27.8. The van der Waals surface area contributed by atoms with Crippen molar-refractivity contribution < 1.29 is 8.42 Å². The lowest BCUT2D eigenvalue weighted by molar-refractivity contribution is 0.596. The van der Waals surface area contributed by atoms with E-state index < -0.39 is 9.84 Å². The van der Waals surface area contributed by atoms with Crippen molar-refractivity contribution in [2.24, 2.45) is 0 Å². The highest BCUT2D eigenvalue weighted by Gasteiger charge is 2.26. The molecule has 0 atom stereocenters. The van der Waals surface area contributed by atoms with Crippen LogP contribution in [-0.4, -0.2) is 8.42 Å². The maximum absolute atomic E-state index is 13.9. The smallest absolute Gasteiger partial charge is 0.207 e. The van der Waals surface area contributed by atoms with Crippen molar-refractivity contribution >= 4 is 56.2 Å². The molecule has 0 aromatic heterocycles. The Balaban J connectivity index is 1.96. The van der Waals surface area contributed by atoms with E-state index in [1.807, 2.05) is 0 Å². The molecule has 4 aromatic carbocycles. The van der Waals surface area contributed by atoms with Crippen LogP contribution in [0.2, 0.25) is 20.1 Å². The first kappa shape index (κ1) is 22.2. The molecule has 4 rings (SSSR count). The van der Waals surface area contributed by atoms with E-state index >= 15 is 0 Å². The van der Waals surface area contributed by atoms with E-state index in [4.69, 9.17) is 46.4 Å². The summed E-state index contributed by atoms with van der Waals surface area (Å²) in [7, 11) is -4.00. The molecule has 0 saturated carbocycles. The van der Waals surface area contributed by atoms with Crippen LogP contribution in [-0.2, 0) is 9.84 Å². The van der Waals surface area contributed by atoms with E-state index in [0.717, 1.165) is 0 Å². The summed E-state index contributed by atoms with van der Waals surface area (Å²) in [5, 5.41) is 1.74. The largest absolute Gasteiger partial charge is 0.218 e. The summed E-state index contributed by atoms with van der Waals surface area (Å²) in [6.07, 6.45) is 0. The third-order valence-corrected chi connectivity index (χ3v) is 7.58. The first-order valence-electron chi connectivity index (χ1n) is 9.12. The molecule has 0 saturated heterocycles. The van der Waals surface area contributed by atoms with Crippen LogP contribution >= 0.6 is 46.4 Å². The number of hydrogen-bond acceptors (Lipinski definition) is 2. The maximum atomic E-state index is 13.9. The Morgan fingerprint density at radius 3 is 1.13 bits per heavy atom. The van der Waals surface area contributed by atoms with Gasteiger partial charge >= 0.3 is 0 Å². The second-order valence-corrected chi connectivity index (χ2v) is 10.4. The van der Waals surface area contributed by atoms with Crippen LogP contribution < -0.4 is 0 Å². The predicted molar refractivity (Wildman–Crippen MR) is 129 cm³/mol. The lowest BCUT2D eigenvalue weighted by Gasteiger charge is -2.15. The van der Waals surface area contributed by atoms with Gasteiger partial charge in [0, 0.05) is 31.2 Å². The van der Waals surface area contributed by atoms with Crippen molar-refractivity contribution in [1.82, 2.24) is 0 Å². The number of sulfone groups is 1. The van der Waals surface area contributed by atoms with Gasteiger partial charge < -0.3 is 0 Å². The van der Waals surface area contributed by atoms with E-state index in [2.05, 4.69) is 0 Å². The van der Waals surface area contributed by atoms with Crippen molar-refractivity contribution in [2.75, 3.05) is 0 Å². The molecule has 0 unspecified atom stereocenters. The molecule has 156 valence electrons. The van der Waals surface area contributed by atoms with Crippen LogP contribution in [0.4, 0.5) is 0 Å². The Morgan fingerprint density at radius 2 is 0.774 bits per heavy atom. The fourth-order valence-corrected chi connectivity index (χ4v) is 5.77. The Bertz CT molecular complexity index is 1260. The van der Waals surface area contributed by atoms with Crippen LogP contribution in [0.25, 0.3) is 22.3 Å². The summed E-state index contributed by atoms with van der Waals surface area (Å²) in [5.74, 6) is 0. The monoisotopic (exact) mass is 506 g/mol. The molecule has 0 heterocycles. The third kappa shape index (κ3) is 4.62. The van der Waals surface area contributed by atoms with Crippen LogP contribution in [0.1, 0.15) is 0 Å². The Kier molecular flexibility index (Phi) is 6.34. The zero-order valence-corrected chi connectivity index (χ0v) is 19.7. The molecule has 4 aromatic rings. The number of rotatable bonds is 4. The maximum Gasteiger partial charge on any atom is 0.207 e. The normalized spacial score (nSPS) is 11.5. The highest BCUT2D eigenvalue weighted by molar-refractivity contribution is 7.91. The molecule has 0 spiro atoms. The van der Waals surface area contributed by atoms with Gasteiger partial charge in [-0.25, -0.2) is 8.42 Å². The number of hydrogen-bond donors (Lipinski definition) is 0. The molecule has 31 heavy (non-hydrogen) atoms. The average Bonchev–Trinajstić information content (AvgIpc) is 2.75. The molecule has 0 amide bonds. The highest BCUT2D eigenvalue weighted by atomic mass is 35.5. The molecule has 0 radical (unpaired) electrons. The summed E-state index contributed by atoms with van der Waals surface area (Å²) >= 11 is 24.4. The minimum Gasteiger partial charge on any atom is -0.218 e. The quantitative estimate of drug-likeness (QED) is 0.277. The highest BCUT2D eigenvalue weighted by Crippen LogP contribution is 2.39. The van der Waals surface area contributed by atoms with Gasteiger partial charge in [0.1, 0.15) is 0 Å². The van der Waals surface area contributed by atoms with E-state index in [1.165, 1.54) is 12.1 Å². The first-order chi connectivity index (χ1) is 14.8. The Labute approximate surface area is 200 Å². The number of benzene rings is 4. The summed E-state index contributed by atoms with van der Waals surface area (Å²) in [6, 6.07) is 23.5. The lowest BCUT2D eigenvalue weighted by atomic mass is 10.1. The predicted octanol–water partition coefficient (Wildman–Crippen LogP) is 8.47. The van der Waals surface area contributed by atoms with Gasteiger partial charge in [-0.2, -0.15) is 0 Å². The minimum atomic E-state index is -4.00. The van der Waals surface area contributed by atoms with Crippen LogP contribution in [0.3, 0.4) is 0 Å². The van der Waals surface area contributed by atoms with Gasteiger partial charge in [0.25, 0.3) is 0 Å². The van der Waals surface area contributed by atoms with Crippen molar-refractivity contribution in [3.05, 3.63) is 105 Å². The summed E-state index contributed by atoms with van der Waals surface area (Å²) in [6.45, 7) is 0. The SMILES string of the molecule is O=S(=O)(c1cc(Cl)ccc1-c1ccc(Cl)cc1)c1cc(Cl)ccc1-c1ccc(Cl)cc1. The standard InChI is InChI=1S/C24H14Cl4O2S/c25-17-5-1-15(2-6-17)21-11-9-19(27)13-23(21)31(29,30)24-14-20(28)10-12-22(24)16-3-7-18(26)8-4-16/h1-14H. The Hall–Kier alpha value is -2.01. The third-order valence-electron chi connectivity index (χ3n) is 4.78. The van der Waals surface area contributed by atoms with Gasteiger partial charge in [-0.05, 0) is 59.7 Å². The van der Waals surface area contributed by atoms with Gasteiger partial charge in [-0.3, -0.25) is 0 Å². The van der Waals surface area contributed by atoms with Gasteiger partial charge in [-0.15, -0.1) is 0 Å². The molecule has 0 aliphatic rings. The molecule has 0 N–H and O–H groups in total. The van der Waals surface area contributed by atoms with Crippen molar-refractivity contribution in [3.63, 3.8) is 0 Å². The Morgan fingerprint density at radius 1 is 0.452 bits per heavy atom. The first-order valence-corrected chi connectivity index (χ1v) is 12.1. The number of halogens is 4. The molecule has 0 bridgehead atoms. The second kappa shape index (κ2) is 8.85. The van der Waals surface area contributed by atoms with E-state index in [9.17, 15) is 8.42 Å². The minimum absolute atomic E-state index is 0.0832. The van der Waals surface area contributed by atoms with Crippen molar-refractivity contribution in [3.8, 4) is 22.3 Å². The van der Waals surface area contributed by atoms with E-state index in [1.54, 1.807) is 72.8 Å². The fourth-order valence-electron chi connectivity index (χ4n) is 3.29. The average molecular weight is 508 g/mol. The molecule has 7 heteroatoms. The van der Waals surface area contributed by atoms with Gasteiger partial charge in [-0.1, -0.05) is 82.8 Å². The van der Waals surface area contributed by atoms with Gasteiger partial charge in [0.15, 0.2) is 0 Å². The summed E-state index contributed by atoms with van der Waals surface area (Å²) in [4.78, 5) is 0.166. The van der Waals surface area contributed by atoms with Gasteiger partial charge in [0.05, 0.1) is 9.79 Å². The summed E-state index contributed by atoms with van der Waals surface area (Å²) in [5.41, 5.74) is 2.44. The molecular formula is C24H14Cl4O2S. The molecule has 0 fully saturated rings.